The van der Waals surface area contributed by atoms with Crippen molar-refractivity contribution in [1.82, 2.24) is 9.78 Å². The Kier molecular flexibility index (Phi) is 6.60. The SMILES string of the molecule is CCOC(=O)c1cc(S(=O)(=O)Cl)n(COCC[Si](C)(C)C)n1. The van der Waals surface area contributed by atoms with E-state index in [-0.39, 0.29) is 24.1 Å². The molecule has 0 aliphatic carbocycles. The molecule has 0 spiro atoms. The summed E-state index contributed by atoms with van der Waals surface area (Å²) in [6.07, 6.45) is 0. The lowest BCUT2D eigenvalue weighted by Gasteiger charge is -2.15. The van der Waals surface area contributed by atoms with Crippen LogP contribution in [0.5, 0.6) is 0 Å². The van der Waals surface area contributed by atoms with Gasteiger partial charge in [-0.3, -0.25) is 0 Å². The van der Waals surface area contributed by atoms with Gasteiger partial charge < -0.3 is 9.47 Å². The number of esters is 1. The molecule has 7 nitrogen and oxygen atoms in total. The molecule has 0 atom stereocenters. The van der Waals surface area contributed by atoms with Crippen LogP contribution in [0.25, 0.3) is 0 Å². The van der Waals surface area contributed by atoms with E-state index in [9.17, 15) is 13.2 Å². The van der Waals surface area contributed by atoms with Gasteiger partial charge >= 0.3 is 5.97 Å². The molecule has 22 heavy (non-hydrogen) atoms. The molecule has 1 aromatic heterocycles. The Morgan fingerprint density at radius 2 is 2.05 bits per heavy atom. The molecule has 0 bridgehead atoms. The first-order valence-corrected chi connectivity index (χ1v) is 12.8. The van der Waals surface area contributed by atoms with E-state index >= 15 is 0 Å². The molecule has 0 saturated carbocycles. The third-order valence-corrected chi connectivity index (χ3v) is 5.69. The number of hydrogen-bond donors (Lipinski definition) is 0. The second kappa shape index (κ2) is 7.58. The number of carbonyl (C=O) groups excluding carboxylic acids is 1. The Morgan fingerprint density at radius 3 is 2.55 bits per heavy atom. The van der Waals surface area contributed by atoms with Gasteiger partial charge in [0.2, 0.25) is 0 Å². The van der Waals surface area contributed by atoms with Gasteiger partial charge in [0, 0.05) is 31.4 Å². The van der Waals surface area contributed by atoms with Crippen molar-refractivity contribution in [2.45, 2.75) is 44.4 Å². The van der Waals surface area contributed by atoms with Crippen LogP contribution >= 0.6 is 10.7 Å². The molecule has 0 fully saturated rings. The van der Waals surface area contributed by atoms with E-state index in [0.717, 1.165) is 16.8 Å². The molecule has 0 aliphatic rings. The minimum absolute atomic E-state index is 0.0921. The molecular weight excluding hydrogens is 348 g/mol. The zero-order chi connectivity index (χ0) is 17.0. The topological polar surface area (TPSA) is 87.5 Å². The Hall–Kier alpha value is -0.903. The van der Waals surface area contributed by atoms with E-state index in [0.29, 0.717) is 6.61 Å². The number of nitrogens with zero attached hydrogens (tertiary/aromatic N) is 2. The van der Waals surface area contributed by atoms with Crippen LogP contribution in [0.4, 0.5) is 0 Å². The highest BCUT2D eigenvalue weighted by Crippen LogP contribution is 2.17. The van der Waals surface area contributed by atoms with E-state index in [1.807, 2.05) is 0 Å². The second-order valence-electron chi connectivity index (χ2n) is 5.87. The first kappa shape index (κ1) is 19.1. The molecule has 1 aromatic rings. The van der Waals surface area contributed by atoms with Crippen LogP contribution in [0, 0.1) is 0 Å². The summed E-state index contributed by atoms with van der Waals surface area (Å²) in [5.74, 6) is -0.704. The average molecular weight is 369 g/mol. The number of carbonyl (C=O) groups is 1. The molecule has 1 rings (SSSR count). The highest BCUT2D eigenvalue weighted by molar-refractivity contribution is 8.13. The van der Waals surface area contributed by atoms with E-state index in [4.69, 9.17) is 20.2 Å². The van der Waals surface area contributed by atoms with Gasteiger partial charge in [0.1, 0.15) is 6.73 Å². The lowest BCUT2D eigenvalue weighted by atomic mass is 10.4. The minimum atomic E-state index is -4.03. The lowest BCUT2D eigenvalue weighted by Crippen LogP contribution is -2.22. The molecule has 0 unspecified atom stereocenters. The largest absolute Gasteiger partial charge is 0.461 e. The molecule has 1 heterocycles. The van der Waals surface area contributed by atoms with Gasteiger partial charge in [0.25, 0.3) is 9.05 Å². The van der Waals surface area contributed by atoms with Gasteiger partial charge in [-0.1, -0.05) is 19.6 Å². The quantitative estimate of drug-likeness (QED) is 0.303. The standard InChI is InChI=1S/C12H21ClN2O5SSi/c1-5-20-12(16)10-8-11(21(13,17)18)15(14-10)9-19-6-7-22(2,3)4/h8H,5-7,9H2,1-4H3. The fourth-order valence-electron chi connectivity index (χ4n) is 1.52. The molecule has 0 aliphatic heterocycles. The highest BCUT2D eigenvalue weighted by Gasteiger charge is 2.23. The smallest absolute Gasteiger partial charge is 0.358 e. The van der Waals surface area contributed by atoms with Gasteiger partial charge in [-0.05, 0) is 13.0 Å². The monoisotopic (exact) mass is 368 g/mol. The summed E-state index contributed by atoms with van der Waals surface area (Å²) in [7, 11) is 0.0796. The van der Waals surface area contributed by atoms with Gasteiger partial charge in [-0.2, -0.15) is 5.10 Å². The minimum Gasteiger partial charge on any atom is -0.461 e. The van der Waals surface area contributed by atoms with Gasteiger partial charge in [-0.25, -0.2) is 17.9 Å². The number of rotatable bonds is 8. The van der Waals surface area contributed by atoms with Crippen LogP contribution in [0.1, 0.15) is 17.4 Å². The summed E-state index contributed by atoms with van der Waals surface area (Å²) in [6.45, 7) is 8.83. The highest BCUT2D eigenvalue weighted by atomic mass is 35.7. The Morgan fingerprint density at radius 1 is 1.41 bits per heavy atom. The van der Waals surface area contributed by atoms with E-state index in [2.05, 4.69) is 24.7 Å². The number of ether oxygens (including phenoxy) is 2. The molecule has 0 aromatic carbocycles. The summed E-state index contributed by atoms with van der Waals surface area (Å²) in [6, 6.07) is 2.02. The fraction of sp³-hybridized carbons (Fsp3) is 0.667. The Bertz CT molecular complexity index is 624. The second-order valence-corrected chi connectivity index (χ2v) is 14.0. The predicted molar refractivity (Wildman–Crippen MR) is 85.3 cm³/mol. The zero-order valence-electron chi connectivity index (χ0n) is 13.1. The number of halogens is 1. The van der Waals surface area contributed by atoms with Crippen molar-refractivity contribution in [3.63, 3.8) is 0 Å². The molecule has 0 amide bonds. The maximum atomic E-state index is 11.6. The van der Waals surface area contributed by atoms with Crippen molar-refractivity contribution in [2.75, 3.05) is 13.2 Å². The first-order chi connectivity index (χ1) is 10.0. The van der Waals surface area contributed by atoms with Crippen molar-refractivity contribution < 1.29 is 22.7 Å². The maximum absolute atomic E-state index is 11.6. The summed E-state index contributed by atoms with van der Waals surface area (Å²) < 4.78 is 34.4. The third kappa shape index (κ3) is 6.07. The van der Waals surface area contributed by atoms with Crippen LogP contribution in [-0.4, -0.2) is 45.5 Å². The van der Waals surface area contributed by atoms with Crippen molar-refractivity contribution in [3.05, 3.63) is 11.8 Å². The van der Waals surface area contributed by atoms with Crippen molar-refractivity contribution in [3.8, 4) is 0 Å². The average Bonchev–Trinajstić information content (AvgIpc) is 2.78. The van der Waals surface area contributed by atoms with E-state index in [1.54, 1.807) is 6.92 Å². The van der Waals surface area contributed by atoms with Gasteiger partial charge in [0.05, 0.1) is 6.61 Å². The Labute approximate surface area is 136 Å². The summed E-state index contributed by atoms with van der Waals surface area (Å²) in [4.78, 5) is 11.6. The molecule has 0 saturated heterocycles. The van der Waals surface area contributed by atoms with Crippen LogP contribution in [0.3, 0.4) is 0 Å². The molecular formula is C12H21ClN2O5SSi. The van der Waals surface area contributed by atoms with E-state index in [1.165, 1.54) is 0 Å². The molecule has 0 radical (unpaired) electrons. The molecule has 10 heteroatoms. The molecule has 126 valence electrons. The molecule has 0 N–H and O–H groups in total. The predicted octanol–water partition coefficient (Wildman–Crippen LogP) is 2.30. The zero-order valence-corrected chi connectivity index (χ0v) is 15.7. The van der Waals surface area contributed by atoms with Crippen molar-refractivity contribution >= 4 is 33.8 Å². The Balaban J connectivity index is 2.86. The van der Waals surface area contributed by atoms with Crippen LogP contribution in [0.15, 0.2) is 11.1 Å². The van der Waals surface area contributed by atoms with Crippen LogP contribution < -0.4 is 0 Å². The van der Waals surface area contributed by atoms with Crippen LogP contribution in [0.2, 0.25) is 25.7 Å². The summed E-state index contributed by atoms with van der Waals surface area (Å²) >= 11 is 0. The third-order valence-electron chi connectivity index (χ3n) is 2.69. The van der Waals surface area contributed by atoms with Crippen molar-refractivity contribution in [2.24, 2.45) is 0 Å². The summed E-state index contributed by atoms with van der Waals surface area (Å²) in [5.41, 5.74) is -0.116. The maximum Gasteiger partial charge on any atom is 0.358 e. The normalized spacial score (nSPS) is 12.4. The first-order valence-electron chi connectivity index (χ1n) is 6.82. The lowest BCUT2D eigenvalue weighted by molar-refractivity contribution is 0.0509. The summed E-state index contributed by atoms with van der Waals surface area (Å²) in [5, 5.41) is 3.61. The van der Waals surface area contributed by atoms with Crippen LogP contribution in [-0.2, 0) is 25.3 Å². The number of aromatic nitrogens is 2. The van der Waals surface area contributed by atoms with Gasteiger partial charge in [0.15, 0.2) is 10.7 Å². The van der Waals surface area contributed by atoms with Gasteiger partial charge in [-0.15, -0.1) is 0 Å². The number of hydrogen-bond acceptors (Lipinski definition) is 6. The fourth-order valence-corrected chi connectivity index (χ4v) is 3.25. The van der Waals surface area contributed by atoms with E-state index < -0.39 is 23.1 Å². The van der Waals surface area contributed by atoms with Crippen molar-refractivity contribution in [1.29, 1.82) is 0 Å².